The first-order chi connectivity index (χ1) is 8.81. The van der Waals surface area contributed by atoms with Crippen LogP contribution in [0.1, 0.15) is 37.6 Å². The van der Waals surface area contributed by atoms with E-state index in [1.165, 1.54) is 18.2 Å². The van der Waals surface area contributed by atoms with E-state index in [0.717, 1.165) is 6.42 Å². The van der Waals surface area contributed by atoms with Crippen molar-refractivity contribution in [2.75, 3.05) is 13.6 Å². The number of ketones is 1. The van der Waals surface area contributed by atoms with Gasteiger partial charge < -0.3 is 10.2 Å². The first-order valence-electron chi connectivity index (χ1n) is 6.56. The van der Waals surface area contributed by atoms with Crippen molar-refractivity contribution < 1.29 is 15.0 Å². The Morgan fingerprint density at radius 2 is 1.89 bits per heavy atom. The summed E-state index contributed by atoms with van der Waals surface area (Å²) in [6, 6.07) is 4.35. The van der Waals surface area contributed by atoms with Crippen molar-refractivity contribution in [1.29, 1.82) is 0 Å². The zero-order chi connectivity index (χ0) is 14.6. The Labute approximate surface area is 114 Å². The number of Topliss-reactive ketones (excluding diaryl/α,β-unsaturated/α-hetero) is 1. The molecule has 0 spiro atoms. The number of hydrogen-bond acceptors (Lipinski definition) is 4. The van der Waals surface area contributed by atoms with E-state index in [9.17, 15) is 15.0 Å². The second-order valence-corrected chi connectivity index (χ2v) is 5.52. The van der Waals surface area contributed by atoms with Crippen LogP contribution in [0.4, 0.5) is 0 Å². The molecule has 1 aromatic rings. The summed E-state index contributed by atoms with van der Waals surface area (Å²) < 4.78 is 0. The number of aromatic hydroxyl groups is 2. The molecular weight excluding hydrogens is 242 g/mol. The first-order valence-corrected chi connectivity index (χ1v) is 6.56. The summed E-state index contributed by atoms with van der Waals surface area (Å²) in [4.78, 5) is 14.1. The maximum absolute atomic E-state index is 12.1. The predicted molar refractivity (Wildman–Crippen MR) is 75.6 cm³/mol. The molecule has 1 atom stereocenters. The molecule has 0 saturated heterocycles. The number of carbonyl (C=O) groups is 1. The largest absolute Gasteiger partial charge is 0.508 e. The van der Waals surface area contributed by atoms with E-state index in [1.807, 2.05) is 11.9 Å². The average Bonchev–Trinajstić information content (AvgIpc) is 2.27. The Morgan fingerprint density at radius 1 is 1.26 bits per heavy atom. The van der Waals surface area contributed by atoms with Crippen molar-refractivity contribution in [2.24, 2.45) is 5.92 Å². The maximum Gasteiger partial charge on any atom is 0.180 e. The lowest BCUT2D eigenvalue weighted by atomic mass is 10.0. The molecule has 0 aromatic heterocycles. The quantitative estimate of drug-likeness (QED) is 0.776. The smallest absolute Gasteiger partial charge is 0.180 e. The molecule has 2 N–H and O–H groups in total. The Balaban J connectivity index is 2.68. The second kappa shape index (κ2) is 6.57. The molecule has 4 heteroatoms. The van der Waals surface area contributed by atoms with Crippen LogP contribution in [0.3, 0.4) is 0 Å². The predicted octanol–water partition coefficient (Wildman–Crippen LogP) is 2.65. The van der Waals surface area contributed by atoms with Gasteiger partial charge in [-0.05, 0) is 38.4 Å². The second-order valence-electron chi connectivity index (χ2n) is 5.52. The van der Waals surface area contributed by atoms with Gasteiger partial charge in [-0.2, -0.15) is 0 Å². The molecule has 106 valence electrons. The van der Waals surface area contributed by atoms with Crippen molar-refractivity contribution in [3.05, 3.63) is 23.8 Å². The van der Waals surface area contributed by atoms with Crippen LogP contribution < -0.4 is 0 Å². The highest BCUT2D eigenvalue weighted by Crippen LogP contribution is 2.23. The van der Waals surface area contributed by atoms with Gasteiger partial charge >= 0.3 is 0 Å². The fourth-order valence-corrected chi connectivity index (χ4v) is 2.09. The van der Waals surface area contributed by atoms with Gasteiger partial charge in [0.05, 0.1) is 12.1 Å². The van der Waals surface area contributed by atoms with Gasteiger partial charge in [0.25, 0.3) is 0 Å². The molecule has 0 heterocycles. The van der Waals surface area contributed by atoms with Gasteiger partial charge in [0.2, 0.25) is 0 Å². The van der Waals surface area contributed by atoms with Crippen LogP contribution in [0.15, 0.2) is 18.2 Å². The minimum absolute atomic E-state index is 0.0458. The third-order valence-electron chi connectivity index (χ3n) is 3.24. The van der Waals surface area contributed by atoms with Gasteiger partial charge in [-0.25, -0.2) is 0 Å². The van der Waals surface area contributed by atoms with Crippen LogP contribution in [-0.4, -0.2) is 40.5 Å². The molecule has 0 bridgehead atoms. The highest BCUT2D eigenvalue weighted by Gasteiger charge is 2.17. The van der Waals surface area contributed by atoms with Gasteiger partial charge in [-0.1, -0.05) is 13.8 Å². The first kappa shape index (κ1) is 15.5. The molecule has 0 aliphatic rings. The summed E-state index contributed by atoms with van der Waals surface area (Å²) in [5.41, 5.74) is 0.251. The van der Waals surface area contributed by atoms with Crippen LogP contribution >= 0.6 is 0 Å². The molecule has 1 unspecified atom stereocenters. The Hall–Kier alpha value is -1.55. The number of carbonyl (C=O) groups excluding carboxylic acids is 1. The molecule has 0 aliphatic heterocycles. The number of benzene rings is 1. The summed E-state index contributed by atoms with van der Waals surface area (Å²) >= 11 is 0. The molecule has 4 nitrogen and oxygen atoms in total. The number of rotatable bonds is 6. The monoisotopic (exact) mass is 265 g/mol. The van der Waals surface area contributed by atoms with Crippen molar-refractivity contribution in [1.82, 2.24) is 4.90 Å². The normalized spacial score (nSPS) is 12.9. The third-order valence-corrected chi connectivity index (χ3v) is 3.24. The summed E-state index contributed by atoms with van der Waals surface area (Å²) in [5, 5.41) is 18.9. The number of hydrogen-bond donors (Lipinski definition) is 2. The van der Waals surface area contributed by atoms with Gasteiger partial charge in [-0.3, -0.25) is 9.69 Å². The van der Waals surface area contributed by atoms with Gasteiger partial charge in [0, 0.05) is 12.1 Å². The van der Waals surface area contributed by atoms with Crippen LogP contribution in [-0.2, 0) is 0 Å². The summed E-state index contributed by atoms with van der Waals surface area (Å²) in [6.45, 7) is 6.64. The zero-order valence-electron chi connectivity index (χ0n) is 12.1. The summed E-state index contributed by atoms with van der Waals surface area (Å²) in [7, 11) is 1.91. The lowest BCUT2D eigenvalue weighted by molar-refractivity contribution is 0.0914. The van der Waals surface area contributed by atoms with E-state index in [1.54, 1.807) is 0 Å². The third kappa shape index (κ3) is 4.56. The Morgan fingerprint density at radius 3 is 2.42 bits per heavy atom. The molecule has 0 saturated carbocycles. The highest BCUT2D eigenvalue weighted by atomic mass is 16.3. The maximum atomic E-state index is 12.1. The lowest BCUT2D eigenvalue weighted by Crippen LogP contribution is -2.34. The topological polar surface area (TPSA) is 60.8 Å². The van der Waals surface area contributed by atoms with E-state index < -0.39 is 0 Å². The van der Waals surface area contributed by atoms with Crippen molar-refractivity contribution in [3.8, 4) is 11.5 Å². The standard InChI is InChI=1S/C15H23NO3/c1-10(2)7-11(3)16(4)9-15(19)13-6-5-12(17)8-14(13)18/h5-6,8,10-11,17-18H,7,9H2,1-4H3. The van der Waals surface area contributed by atoms with Gasteiger partial charge in [0.1, 0.15) is 11.5 Å². The fourth-order valence-electron chi connectivity index (χ4n) is 2.09. The van der Waals surface area contributed by atoms with Gasteiger partial charge in [-0.15, -0.1) is 0 Å². The molecule has 19 heavy (non-hydrogen) atoms. The van der Waals surface area contributed by atoms with Crippen LogP contribution in [0.25, 0.3) is 0 Å². The number of nitrogens with zero attached hydrogens (tertiary/aromatic N) is 1. The van der Waals surface area contributed by atoms with Crippen molar-refractivity contribution in [3.63, 3.8) is 0 Å². The van der Waals surface area contributed by atoms with Crippen LogP contribution in [0.2, 0.25) is 0 Å². The fraction of sp³-hybridized carbons (Fsp3) is 0.533. The minimum Gasteiger partial charge on any atom is -0.508 e. The number of likely N-dealkylation sites (N-methyl/N-ethyl adjacent to an activating group) is 1. The zero-order valence-corrected chi connectivity index (χ0v) is 12.1. The molecular formula is C15H23NO3. The Kier molecular flexibility index (Phi) is 5.36. The number of phenols is 2. The molecule has 1 aromatic carbocycles. The summed E-state index contributed by atoms with van der Waals surface area (Å²) in [6.07, 6.45) is 1.02. The SMILES string of the molecule is CC(C)CC(C)N(C)CC(=O)c1ccc(O)cc1O. The molecule has 0 aliphatic carbocycles. The molecule has 0 radical (unpaired) electrons. The van der Waals surface area contributed by atoms with E-state index >= 15 is 0 Å². The van der Waals surface area contributed by atoms with E-state index in [4.69, 9.17) is 0 Å². The minimum atomic E-state index is -0.171. The van der Waals surface area contributed by atoms with E-state index in [2.05, 4.69) is 20.8 Å². The van der Waals surface area contributed by atoms with Crippen LogP contribution in [0.5, 0.6) is 11.5 Å². The number of phenolic OH excluding ortho intramolecular Hbond substituents is 2. The average molecular weight is 265 g/mol. The molecule has 1 rings (SSSR count). The Bertz CT molecular complexity index is 443. The van der Waals surface area contributed by atoms with E-state index in [0.29, 0.717) is 12.0 Å². The van der Waals surface area contributed by atoms with E-state index in [-0.39, 0.29) is 29.4 Å². The highest BCUT2D eigenvalue weighted by molar-refractivity contribution is 6.00. The lowest BCUT2D eigenvalue weighted by Gasteiger charge is -2.25. The molecule has 0 amide bonds. The van der Waals surface area contributed by atoms with Crippen molar-refractivity contribution in [2.45, 2.75) is 33.2 Å². The van der Waals surface area contributed by atoms with Crippen molar-refractivity contribution >= 4 is 5.78 Å². The van der Waals surface area contributed by atoms with Crippen LogP contribution in [0, 0.1) is 5.92 Å². The summed E-state index contributed by atoms with van der Waals surface area (Å²) in [5.74, 6) is 0.218. The molecule has 0 fully saturated rings. The van der Waals surface area contributed by atoms with Gasteiger partial charge in [0.15, 0.2) is 5.78 Å².